The fourth-order valence-corrected chi connectivity index (χ4v) is 1.17. The van der Waals surface area contributed by atoms with E-state index in [1.54, 1.807) is 6.07 Å². The van der Waals surface area contributed by atoms with E-state index in [0.29, 0.717) is 5.56 Å². The molecule has 0 saturated carbocycles. The number of hydrogen-bond acceptors (Lipinski definition) is 3. The maximum Gasteiger partial charge on any atom is 0.573 e. The Kier molecular flexibility index (Phi) is 4.33. The van der Waals surface area contributed by atoms with Gasteiger partial charge in [-0.15, -0.1) is 13.2 Å². The van der Waals surface area contributed by atoms with Gasteiger partial charge in [-0.3, -0.25) is 4.79 Å². The number of alkyl halides is 3. The molecule has 0 radical (unpaired) electrons. The van der Waals surface area contributed by atoms with E-state index < -0.39 is 12.3 Å². The fourth-order valence-electron chi connectivity index (χ4n) is 1.17. The van der Waals surface area contributed by atoms with Crippen LogP contribution in [0.2, 0.25) is 0 Å². The third-order valence-electron chi connectivity index (χ3n) is 1.74. The highest BCUT2D eigenvalue weighted by atomic mass is 19.4. The summed E-state index contributed by atoms with van der Waals surface area (Å²) < 4.78 is 39.5. The van der Waals surface area contributed by atoms with Gasteiger partial charge in [0.1, 0.15) is 5.75 Å². The van der Waals surface area contributed by atoms with Crippen LogP contribution in [-0.2, 0) is 11.3 Å². The van der Waals surface area contributed by atoms with E-state index in [4.69, 9.17) is 5.11 Å². The van der Waals surface area contributed by atoms with Crippen molar-refractivity contribution in [1.82, 2.24) is 5.32 Å². The standard InChI is InChI=1S/C10H10F3NO3/c11-10(12,13)17-8-3-1-2-7(4-8)5-14-6-9(15)16/h1-4,14H,5-6H2,(H,15,16). The van der Waals surface area contributed by atoms with Gasteiger partial charge in [-0.2, -0.15) is 0 Å². The van der Waals surface area contributed by atoms with Crippen LogP contribution in [0.25, 0.3) is 0 Å². The van der Waals surface area contributed by atoms with Crippen LogP contribution >= 0.6 is 0 Å². The number of halogens is 3. The van der Waals surface area contributed by atoms with Crippen LogP contribution in [0, 0.1) is 0 Å². The molecule has 1 aromatic rings. The number of carboxylic acid groups (broad SMARTS) is 1. The molecule has 1 aromatic carbocycles. The van der Waals surface area contributed by atoms with Gasteiger partial charge in [0.2, 0.25) is 0 Å². The van der Waals surface area contributed by atoms with E-state index >= 15 is 0 Å². The van der Waals surface area contributed by atoms with E-state index in [9.17, 15) is 18.0 Å². The Morgan fingerprint density at radius 2 is 2.12 bits per heavy atom. The Balaban J connectivity index is 2.57. The summed E-state index contributed by atoms with van der Waals surface area (Å²) in [5.74, 6) is -1.36. The minimum Gasteiger partial charge on any atom is -0.480 e. The molecule has 0 amide bonds. The number of benzene rings is 1. The summed E-state index contributed by atoms with van der Waals surface area (Å²) in [4.78, 5) is 10.2. The Bertz CT molecular complexity index is 393. The van der Waals surface area contributed by atoms with Crippen LogP contribution in [0.1, 0.15) is 5.56 Å². The van der Waals surface area contributed by atoms with Gasteiger partial charge >= 0.3 is 12.3 Å². The molecule has 0 aromatic heterocycles. The monoisotopic (exact) mass is 249 g/mol. The van der Waals surface area contributed by atoms with Crippen LogP contribution in [0.5, 0.6) is 5.75 Å². The average Bonchev–Trinajstić information content (AvgIpc) is 2.14. The predicted molar refractivity (Wildman–Crippen MR) is 52.5 cm³/mol. The summed E-state index contributed by atoms with van der Waals surface area (Å²) >= 11 is 0. The first kappa shape index (κ1) is 13.3. The van der Waals surface area contributed by atoms with Crippen molar-refractivity contribution in [3.63, 3.8) is 0 Å². The second-order valence-electron chi connectivity index (χ2n) is 3.19. The predicted octanol–water partition coefficient (Wildman–Crippen LogP) is 1.76. The lowest BCUT2D eigenvalue weighted by molar-refractivity contribution is -0.274. The molecular weight excluding hydrogens is 239 g/mol. The topological polar surface area (TPSA) is 58.6 Å². The second kappa shape index (κ2) is 5.53. The first-order valence-electron chi connectivity index (χ1n) is 4.64. The highest BCUT2D eigenvalue weighted by Crippen LogP contribution is 2.23. The Labute approximate surface area is 95.0 Å². The number of aliphatic carboxylic acids is 1. The molecule has 1 rings (SSSR count). The van der Waals surface area contributed by atoms with Gasteiger partial charge in [-0.05, 0) is 17.7 Å². The summed E-state index contributed by atoms with van der Waals surface area (Å²) in [6, 6.07) is 5.34. The summed E-state index contributed by atoms with van der Waals surface area (Å²) in [7, 11) is 0. The van der Waals surface area contributed by atoms with E-state index in [1.165, 1.54) is 18.2 Å². The molecule has 0 unspecified atom stereocenters. The summed E-state index contributed by atoms with van der Waals surface area (Å²) in [5.41, 5.74) is 0.507. The lowest BCUT2D eigenvalue weighted by Crippen LogP contribution is -2.22. The van der Waals surface area contributed by atoms with Crippen molar-refractivity contribution in [2.75, 3.05) is 6.54 Å². The van der Waals surface area contributed by atoms with Gasteiger partial charge in [-0.1, -0.05) is 12.1 Å². The van der Waals surface area contributed by atoms with Crippen LogP contribution in [0.3, 0.4) is 0 Å². The fraction of sp³-hybridized carbons (Fsp3) is 0.300. The van der Waals surface area contributed by atoms with Gasteiger partial charge in [0.05, 0.1) is 6.54 Å². The van der Waals surface area contributed by atoms with Crippen molar-refractivity contribution in [3.8, 4) is 5.75 Å². The van der Waals surface area contributed by atoms with Gasteiger partial charge in [0.15, 0.2) is 0 Å². The lowest BCUT2D eigenvalue weighted by Gasteiger charge is -2.10. The third-order valence-corrected chi connectivity index (χ3v) is 1.74. The average molecular weight is 249 g/mol. The zero-order valence-corrected chi connectivity index (χ0v) is 8.62. The Hall–Kier alpha value is -1.76. The van der Waals surface area contributed by atoms with Gasteiger partial charge in [0.25, 0.3) is 0 Å². The highest BCUT2D eigenvalue weighted by molar-refractivity contribution is 5.68. The van der Waals surface area contributed by atoms with Crippen LogP contribution in [-0.4, -0.2) is 24.0 Å². The maximum atomic E-state index is 11.9. The highest BCUT2D eigenvalue weighted by Gasteiger charge is 2.31. The lowest BCUT2D eigenvalue weighted by atomic mass is 10.2. The zero-order chi connectivity index (χ0) is 12.9. The first-order chi connectivity index (χ1) is 7.87. The Morgan fingerprint density at radius 1 is 1.41 bits per heavy atom. The molecular formula is C10H10F3NO3. The molecule has 0 fully saturated rings. The number of rotatable bonds is 5. The molecule has 7 heteroatoms. The number of carboxylic acids is 1. The first-order valence-corrected chi connectivity index (χ1v) is 4.64. The summed E-state index contributed by atoms with van der Waals surface area (Å²) in [5, 5.41) is 10.9. The molecule has 94 valence electrons. The maximum absolute atomic E-state index is 11.9. The van der Waals surface area contributed by atoms with E-state index in [1.807, 2.05) is 0 Å². The third kappa shape index (κ3) is 5.76. The molecule has 0 aliphatic heterocycles. The minimum atomic E-state index is -4.73. The zero-order valence-electron chi connectivity index (χ0n) is 8.62. The van der Waals surface area contributed by atoms with Crippen molar-refractivity contribution in [1.29, 1.82) is 0 Å². The minimum absolute atomic E-state index is 0.154. The van der Waals surface area contributed by atoms with Crippen LogP contribution in [0.4, 0.5) is 13.2 Å². The number of ether oxygens (including phenoxy) is 1. The normalized spacial score (nSPS) is 11.2. The molecule has 4 nitrogen and oxygen atoms in total. The Morgan fingerprint density at radius 3 is 2.71 bits per heavy atom. The summed E-state index contributed by atoms with van der Waals surface area (Å²) in [6.07, 6.45) is -4.73. The largest absolute Gasteiger partial charge is 0.573 e. The molecule has 0 spiro atoms. The molecule has 0 aliphatic rings. The van der Waals surface area contributed by atoms with Gasteiger partial charge < -0.3 is 15.2 Å². The van der Waals surface area contributed by atoms with Crippen LogP contribution in [0.15, 0.2) is 24.3 Å². The van der Waals surface area contributed by atoms with Crippen molar-refractivity contribution >= 4 is 5.97 Å². The van der Waals surface area contributed by atoms with Gasteiger partial charge in [0, 0.05) is 6.54 Å². The molecule has 17 heavy (non-hydrogen) atoms. The number of nitrogens with one attached hydrogen (secondary N) is 1. The number of hydrogen-bond donors (Lipinski definition) is 2. The van der Waals surface area contributed by atoms with E-state index in [2.05, 4.69) is 10.1 Å². The molecule has 0 aliphatic carbocycles. The second-order valence-corrected chi connectivity index (χ2v) is 3.19. The van der Waals surface area contributed by atoms with Crippen molar-refractivity contribution < 1.29 is 27.8 Å². The van der Waals surface area contributed by atoms with E-state index in [0.717, 1.165) is 0 Å². The SMILES string of the molecule is O=C(O)CNCc1cccc(OC(F)(F)F)c1. The van der Waals surface area contributed by atoms with Gasteiger partial charge in [-0.25, -0.2) is 0 Å². The molecule has 0 heterocycles. The van der Waals surface area contributed by atoms with Crippen molar-refractivity contribution in [2.24, 2.45) is 0 Å². The smallest absolute Gasteiger partial charge is 0.480 e. The van der Waals surface area contributed by atoms with Crippen molar-refractivity contribution in [2.45, 2.75) is 12.9 Å². The molecule has 0 atom stereocenters. The number of carbonyl (C=O) groups is 1. The molecule has 0 saturated heterocycles. The van der Waals surface area contributed by atoms with Crippen LogP contribution < -0.4 is 10.1 Å². The molecule has 2 N–H and O–H groups in total. The van der Waals surface area contributed by atoms with Crippen molar-refractivity contribution in [3.05, 3.63) is 29.8 Å². The quantitative estimate of drug-likeness (QED) is 0.834. The summed E-state index contributed by atoms with van der Waals surface area (Å²) in [6.45, 7) is -0.105. The molecule has 0 bridgehead atoms. The van der Waals surface area contributed by atoms with E-state index in [-0.39, 0.29) is 18.8 Å².